The van der Waals surface area contributed by atoms with Crippen LogP contribution in [0, 0.1) is 5.92 Å². The van der Waals surface area contributed by atoms with Crippen LogP contribution in [0.5, 0.6) is 0 Å². The van der Waals surface area contributed by atoms with Gasteiger partial charge in [-0.25, -0.2) is 0 Å². The highest BCUT2D eigenvalue weighted by Crippen LogP contribution is 2.43. The summed E-state index contributed by atoms with van der Waals surface area (Å²) in [5, 5.41) is 0. The summed E-state index contributed by atoms with van der Waals surface area (Å²) in [5.41, 5.74) is 6.07. The van der Waals surface area contributed by atoms with Gasteiger partial charge >= 0.3 is 0 Å². The fourth-order valence-corrected chi connectivity index (χ4v) is 4.14. The Morgan fingerprint density at radius 2 is 2.40 bits per heavy atom. The molecule has 0 radical (unpaired) electrons. The summed E-state index contributed by atoms with van der Waals surface area (Å²) in [5.74, 6) is 1.42. The van der Waals surface area contributed by atoms with Crippen molar-refractivity contribution in [3.63, 3.8) is 0 Å². The van der Waals surface area contributed by atoms with E-state index in [-0.39, 0.29) is 0 Å². The lowest BCUT2D eigenvalue weighted by Gasteiger charge is -2.33. The fourth-order valence-electron chi connectivity index (χ4n) is 2.56. The van der Waals surface area contributed by atoms with Gasteiger partial charge in [0.2, 0.25) is 0 Å². The molecule has 1 aliphatic rings. The quantitative estimate of drug-likeness (QED) is 0.904. The van der Waals surface area contributed by atoms with E-state index in [2.05, 4.69) is 27.2 Å². The van der Waals surface area contributed by atoms with Crippen molar-refractivity contribution in [2.24, 2.45) is 11.7 Å². The number of rotatable bonds is 2. The van der Waals surface area contributed by atoms with Gasteiger partial charge in [0, 0.05) is 16.8 Å². The maximum Gasteiger partial charge on any atom is 0.0552 e. The Hall–Kier alpha value is 0.0700. The Kier molecular flexibility index (Phi) is 3.80. The minimum atomic E-state index is 0.381. The van der Waals surface area contributed by atoms with Gasteiger partial charge in [0.05, 0.1) is 10.7 Å². The summed E-state index contributed by atoms with van der Waals surface area (Å²) < 4.78 is 5.42. The topological polar surface area (TPSA) is 38.9 Å². The van der Waals surface area contributed by atoms with E-state index >= 15 is 0 Å². The van der Waals surface area contributed by atoms with Gasteiger partial charge < -0.3 is 5.73 Å². The predicted octanol–water partition coefficient (Wildman–Crippen LogP) is 3.53. The Labute approximate surface area is 104 Å². The van der Waals surface area contributed by atoms with Crippen LogP contribution >= 0.6 is 27.5 Å². The monoisotopic (exact) mass is 288 g/mol. The van der Waals surface area contributed by atoms with E-state index in [0.717, 1.165) is 12.3 Å². The highest BCUT2D eigenvalue weighted by Gasteiger charge is 2.31. The lowest BCUT2D eigenvalue weighted by molar-refractivity contribution is 0.276. The van der Waals surface area contributed by atoms with Gasteiger partial charge in [-0.1, -0.05) is 13.3 Å². The Balaban J connectivity index is 2.20. The molecule has 3 unspecified atom stereocenters. The molecule has 0 spiro atoms. The lowest BCUT2D eigenvalue weighted by Crippen LogP contribution is -2.31. The summed E-state index contributed by atoms with van der Waals surface area (Å²) in [4.78, 5) is 1.40. The van der Waals surface area contributed by atoms with Crippen LogP contribution in [0.2, 0.25) is 0 Å². The normalized spacial score (nSPS) is 31.8. The highest BCUT2D eigenvalue weighted by atomic mass is 79.9. The summed E-state index contributed by atoms with van der Waals surface area (Å²) in [6, 6.07) is 0.381. The molecule has 2 N–H and O–H groups in total. The fraction of sp³-hybridized carbons (Fsp3) is 0.727. The van der Waals surface area contributed by atoms with Gasteiger partial charge in [-0.3, -0.25) is 0 Å². The standard InChI is InChI=1S/C11H17BrN2S/c1-2-7-3-4-8(13)5-9(7)11-10(12)6-14-15-11/h6-9H,2-5,13H2,1H3. The lowest BCUT2D eigenvalue weighted by atomic mass is 9.75. The molecular weight excluding hydrogens is 272 g/mol. The first-order chi connectivity index (χ1) is 7.22. The van der Waals surface area contributed by atoms with Crippen molar-refractivity contribution in [3.8, 4) is 0 Å². The van der Waals surface area contributed by atoms with E-state index in [1.54, 1.807) is 11.5 Å². The second-order valence-corrected chi connectivity index (χ2v) is 6.07. The van der Waals surface area contributed by atoms with Crippen LogP contribution in [-0.2, 0) is 0 Å². The predicted molar refractivity (Wildman–Crippen MR) is 68.2 cm³/mol. The molecule has 0 aliphatic heterocycles. The third-order valence-corrected chi connectivity index (χ3v) is 5.27. The number of halogens is 1. The summed E-state index contributed by atoms with van der Waals surface area (Å²) in [6.45, 7) is 2.28. The summed E-state index contributed by atoms with van der Waals surface area (Å²) >= 11 is 5.21. The second-order valence-electron chi connectivity index (χ2n) is 4.39. The molecule has 1 fully saturated rings. The van der Waals surface area contributed by atoms with Crippen molar-refractivity contribution in [2.45, 2.75) is 44.6 Å². The highest BCUT2D eigenvalue weighted by molar-refractivity contribution is 9.10. The van der Waals surface area contributed by atoms with Gasteiger partial charge in [-0.2, -0.15) is 4.37 Å². The summed E-state index contributed by atoms with van der Waals surface area (Å²) in [6.07, 6.45) is 6.74. The molecule has 1 aromatic rings. The molecule has 1 heterocycles. The molecule has 84 valence electrons. The molecular formula is C11H17BrN2S. The van der Waals surface area contributed by atoms with Crippen molar-refractivity contribution in [1.29, 1.82) is 0 Å². The van der Waals surface area contributed by atoms with Crippen LogP contribution in [-0.4, -0.2) is 10.4 Å². The van der Waals surface area contributed by atoms with E-state index in [1.807, 2.05) is 6.20 Å². The van der Waals surface area contributed by atoms with Crippen molar-refractivity contribution >= 4 is 27.5 Å². The number of aromatic nitrogens is 1. The number of hydrogen-bond donors (Lipinski definition) is 1. The minimum absolute atomic E-state index is 0.381. The molecule has 0 aromatic carbocycles. The molecule has 1 aromatic heterocycles. The molecule has 1 aliphatic carbocycles. The Morgan fingerprint density at radius 3 is 3.00 bits per heavy atom. The Morgan fingerprint density at radius 1 is 1.60 bits per heavy atom. The van der Waals surface area contributed by atoms with Crippen LogP contribution in [0.15, 0.2) is 10.7 Å². The summed E-state index contributed by atoms with van der Waals surface area (Å²) in [7, 11) is 0. The third-order valence-electron chi connectivity index (χ3n) is 3.45. The van der Waals surface area contributed by atoms with Crippen molar-refractivity contribution < 1.29 is 0 Å². The zero-order valence-corrected chi connectivity index (χ0v) is 11.4. The first-order valence-electron chi connectivity index (χ1n) is 5.58. The Bertz CT molecular complexity index is 326. The molecule has 2 rings (SSSR count). The van der Waals surface area contributed by atoms with E-state index in [1.165, 1.54) is 28.6 Å². The molecule has 0 saturated heterocycles. The minimum Gasteiger partial charge on any atom is -0.328 e. The van der Waals surface area contributed by atoms with Crippen LogP contribution in [0.4, 0.5) is 0 Å². The van der Waals surface area contributed by atoms with Gasteiger partial charge in [-0.05, 0) is 52.6 Å². The van der Waals surface area contributed by atoms with Crippen molar-refractivity contribution in [2.75, 3.05) is 0 Å². The van der Waals surface area contributed by atoms with Crippen molar-refractivity contribution in [3.05, 3.63) is 15.5 Å². The van der Waals surface area contributed by atoms with E-state index in [4.69, 9.17) is 5.73 Å². The SMILES string of the molecule is CCC1CCC(N)CC1c1sncc1Br. The molecule has 0 bridgehead atoms. The van der Waals surface area contributed by atoms with Gasteiger partial charge in [0.25, 0.3) is 0 Å². The van der Waals surface area contributed by atoms with Crippen molar-refractivity contribution in [1.82, 2.24) is 4.37 Å². The number of nitrogens with two attached hydrogens (primary N) is 1. The van der Waals surface area contributed by atoms with E-state index in [9.17, 15) is 0 Å². The molecule has 0 amide bonds. The van der Waals surface area contributed by atoms with E-state index in [0.29, 0.717) is 12.0 Å². The van der Waals surface area contributed by atoms with Gasteiger partial charge in [0.15, 0.2) is 0 Å². The molecule has 1 saturated carbocycles. The van der Waals surface area contributed by atoms with Crippen LogP contribution in [0.25, 0.3) is 0 Å². The number of nitrogens with zero attached hydrogens (tertiary/aromatic N) is 1. The zero-order valence-electron chi connectivity index (χ0n) is 8.95. The first-order valence-corrected chi connectivity index (χ1v) is 7.14. The average molecular weight is 289 g/mol. The first kappa shape index (κ1) is 11.6. The molecule has 4 heteroatoms. The maximum absolute atomic E-state index is 6.07. The smallest absolute Gasteiger partial charge is 0.0552 e. The number of hydrogen-bond acceptors (Lipinski definition) is 3. The molecule has 2 nitrogen and oxygen atoms in total. The average Bonchev–Trinajstić information content (AvgIpc) is 2.64. The van der Waals surface area contributed by atoms with Crippen LogP contribution in [0.3, 0.4) is 0 Å². The van der Waals surface area contributed by atoms with Crippen LogP contribution in [0.1, 0.15) is 43.4 Å². The van der Waals surface area contributed by atoms with Gasteiger partial charge in [0.1, 0.15) is 0 Å². The molecule has 3 atom stereocenters. The zero-order chi connectivity index (χ0) is 10.8. The second kappa shape index (κ2) is 4.93. The largest absolute Gasteiger partial charge is 0.328 e. The van der Waals surface area contributed by atoms with Gasteiger partial charge in [-0.15, -0.1) is 0 Å². The van der Waals surface area contributed by atoms with E-state index < -0.39 is 0 Å². The maximum atomic E-state index is 6.07. The third kappa shape index (κ3) is 2.43. The van der Waals surface area contributed by atoms with Crippen LogP contribution < -0.4 is 5.73 Å². The molecule has 15 heavy (non-hydrogen) atoms.